The molecule has 1 heterocycles. The number of fused-ring (bicyclic) bond motifs is 1. The Labute approximate surface area is 127 Å². The minimum atomic E-state index is -0.208. The van der Waals surface area contributed by atoms with Crippen molar-refractivity contribution in [3.8, 4) is 0 Å². The number of nitrogens with zero attached hydrogens (tertiary/aromatic N) is 1. The van der Waals surface area contributed by atoms with Crippen LogP contribution in [0.25, 0.3) is 10.9 Å². The minimum Gasteiger partial charge on any atom is -0.344 e. The third-order valence-electron chi connectivity index (χ3n) is 3.38. The van der Waals surface area contributed by atoms with Crippen molar-refractivity contribution < 1.29 is 4.79 Å². The molecule has 4 nitrogen and oxygen atoms in total. The number of benzene rings is 2. The lowest BCUT2D eigenvalue weighted by atomic mass is 10.1. The molecule has 3 rings (SSSR count). The van der Waals surface area contributed by atoms with Gasteiger partial charge in [0.15, 0.2) is 5.69 Å². The molecule has 1 aromatic heterocycles. The molecule has 5 heteroatoms. The maximum atomic E-state index is 12.4. The Kier molecular flexibility index (Phi) is 3.62. The number of amides is 1. The van der Waals surface area contributed by atoms with Gasteiger partial charge < -0.3 is 5.32 Å². The number of nitrogens with one attached hydrogen (secondary N) is 2. The quantitative estimate of drug-likeness (QED) is 0.774. The average molecular weight is 300 g/mol. The van der Waals surface area contributed by atoms with Gasteiger partial charge in [0, 0.05) is 10.4 Å². The summed E-state index contributed by atoms with van der Waals surface area (Å²) in [5, 5.41) is 11.4. The molecule has 0 spiro atoms. The van der Waals surface area contributed by atoms with Gasteiger partial charge in [0.2, 0.25) is 0 Å². The van der Waals surface area contributed by atoms with Crippen LogP contribution in [0, 0.1) is 0 Å². The first-order valence-electron chi connectivity index (χ1n) is 6.64. The van der Waals surface area contributed by atoms with Crippen LogP contribution in [0.3, 0.4) is 0 Å². The standard InChI is InChI=1S/C16H14ClN3O/c1-10(11-5-4-6-12(17)9-11)18-16(21)15-13-7-2-3-8-14(13)19-20-15/h2-10H,1H3,(H,18,21)(H,19,20). The SMILES string of the molecule is CC(NC(=O)c1n[nH]c2ccccc12)c1cccc(Cl)c1. The van der Waals surface area contributed by atoms with Gasteiger partial charge in [-0.1, -0.05) is 41.9 Å². The summed E-state index contributed by atoms with van der Waals surface area (Å²) >= 11 is 5.97. The summed E-state index contributed by atoms with van der Waals surface area (Å²) in [5.74, 6) is -0.208. The van der Waals surface area contributed by atoms with Crippen molar-refractivity contribution in [3.63, 3.8) is 0 Å². The van der Waals surface area contributed by atoms with Crippen LogP contribution < -0.4 is 5.32 Å². The van der Waals surface area contributed by atoms with Crippen LogP contribution in [-0.4, -0.2) is 16.1 Å². The van der Waals surface area contributed by atoms with Gasteiger partial charge in [-0.05, 0) is 30.7 Å². The predicted octanol–water partition coefficient (Wildman–Crippen LogP) is 3.71. The van der Waals surface area contributed by atoms with Crippen molar-refractivity contribution in [2.75, 3.05) is 0 Å². The van der Waals surface area contributed by atoms with Crippen molar-refractivity contribution in [2.24, 2.45) is 0 Å². The topological polar surface area (TPSA) is 57.8 Å². The fourth-order valence-electron chi connectivity index (χ4n) is 2.26. The number of H-pyrrole nitrogens is 1. The molecule has 21 heavy (non-hydrogen) atoms. The lowest BCUT2D eigenvalue weighted by Gasteiger charge is -2.13. The summed E-state index contributed by atoms with van der Waals surface area (Å²) in [6, 6.07) is 14.8. The number of aromatic amines is 1. The van der Waals surface area contributed by atoms with Crippen LogP contribution in [0.5, 0.6) is 0 Å². The number of carbonyl (C=O) groups is 1. The molecule has 0 radical (unpaired) electrons. The smallest absolute Gasteiger partial charge is 0.272 e. The van der Waals surface area contributed by atoms with E-state index in [4.69, 9.17) is 11.6 Å². The van der Waals surface area contributed by atoms with Gasteiger partial charge in [-0.2, -0.15) is 5.10 Å². The summed E-state index contributed by atoms with van der Waals surface area (Å²) in [7, 11) is 0. The fraction of sp³-hybridized carbons (Fsp3) is 0.125. The molecular weight excluding hydrogens is 286 g/mol. The van der Waals surface area contributed by atoms with Crippen LogP contribution in [0.2, 0.25) is 5.02 Å². The highest BCUT2D eigenvalue weighted by molar-refractivity contribution is 6.30. The maximum absolute atomic E-state index is 12.4. The number of halogens is 1. The molecule has 1 amide bonds. The van der Waals surface area contributed by atoms with E-state index >= 15 is 0 Å². The molecule has 0 saturated carbocycles. The predicted molar refractivity (Wildman–Crippen MR) is 83.4 cm³/mol. The Bertz CT molecular complexity index is 797. The average Bonchev–Trinajstić information content (AvgIpc) is 2.91. The molecule has 1 unspecified atom stereocenters. The molecule has 1 atom stereocenters. The van der Waals surface area contributed by atoms with Crippen molar-refractivity contribution in [1.82, 2.24) is 15.5 Å². The number of hydrogen-bond donors (Lipinski definition) is 2. The second-order valence-corrected chi connectivity index (χ2v) is 5.30. The van der Waals surface area contributed by atoms with Gasteiger partial charge in [0.1, 0.15) is 0 Å². The molecular formula is C16H14ClN3O. The van der Waals surface area contributed by atoms with Gasteiger partial charge in [-0.3, -0.25) is 9.89 Å². The zero-order valence-corrected chi connectivity index (χ0v) is 12.2. The van der Waals surface area contributed by atoms with Gasteiger partial charge in [0.05, 0.1) is 11.6 Å². The summed E-state index contributed by atoms with van der Waals surface area (Å²) in [6.45, 7) is 1.92. The molecule has 2 N–H and O–H groups in total. The van der Waals surface area contributed by atoms with Crippen molar-refractivity contribution >= 4 is 28.4 Å². The Morgan fingerprint density at radius 3 is 2.86 bits per heavy atom. The van der Waals surface area contributed by atoms with Crippen LogP contribution >= 0.6 is 11.6 Å². The van der Waals surface area contributed by atoms with Gasteiger partial charge in [-0.15, -0.1) is 0 Å². The molecule has 3 aromatic rings. The second kappa shape index (κ2) is 5.58. The third kappa shape index (κ3) is 2.76. The Balaban J connectivity index is 1.83. The number of hydrogen-bond acceptors (Lipinski definition) is 2. The van der Waals surface area contributed by atoms with E-state index in [0.29, 0.717) is 10.7 Å². The van der Waals surface area contributed by atoms with E-state index in [9.17, 15) is 4.79 Å². The van der Waals surface area contributed by atoms with E-state index in [2.05, 4.69) is 15.5 Å². The summed E-state index contributed by atoms with van der Waals surface area (Å²) in [4.78, 5) is 12.4. The minimum absolute atomic E-state index is 0.147. The monoisotopic (exact) mass is 299 g/mol. The van der Waals surface area contributed by atoms with Crippen molar-refractivity contribution in [1.29, 1.82) is 0 Å². The molecule has 0 saturated heterocycles. The lowest BCUT2D eigenvalue weighted by molar-refractivity contribution is 0.0936. The molecule has 106 valence electrons. The number of para-hydroxylation sites is 1. The molecule has 0 aliphatic heterocycles. The van der Waals surface area contributed by atoms with E-state index in [1.54, 1.807) is 6.07 Å². The van der Waals surface area contributed by atoms with E-state index in [-0.39, 0.29) is 11.9 Å². The van der Waals surface area contributed by atoms with E-state index in [1.165, 1.54) is 0 Å². The van der Waals surface area contributed by atoms with Crippen LogP contribution in [0.1, 0.15) is 29.0 Å². The van der Waals surface area contributed by atoms with E-state index in [1.807, 2.05) is 49.4 Å². The van der Waals surface area contributed by atoms with Crippen LogP contribution in [-0.2, 0) is 0 Å². The van der Waals surface area contributed by atoms with E-state index < -0.39 is 0 Å². The first kappa shape index (κ1) is 13.6. The highest BCUT2D eigenvalue weighted by atomic mass is 35.5. The lowest BCUT2D eigenvalue weighted by Crippen LogP contribution is -2.27. The zero-order valence-electron chi connectivity index (χ0n) is 11.4. The number of rotatable bonds is 3. The normalized spacial score (nSPS) is 12.3. The Hall–Kier alpha value is -2.33. The third-order valence-corrected chi connectivity index (χ3v) is 3.62. The zero-order chi connectivity index (χ0) is 14.8. The Morgan fingerprint density at radius 2 is 2.05 bits per heavy atom. The molecule has 0 aliphatic carbocycles. The van der Waals surface area contributed by atoms with Crippen molar-refractivity contribution in [2.45, 2.75) is 13.0 Å². The first-order chi connectivity index (χ1) is 10.1. The van der Waals surface area contributed by atoms with E-state index in [0.717, 1.165) is 16.5 Å². The van der Waals surface area contributed by atoms with Crippen LogP contribution in [0.4, 0.5) is 0 Å². The second-order valence-electron chi connectivity index (χ2n) is 4.87. The maximum Gasteiger partial charge on any atom is 0.272 e. The van der Waals surface area contributed by atoms with Gasteiger partial charge in [0.25, 0.3) is 5.91 Å². The highest BCUT2D eigenvalue weighted by Crippen LogP contribution is 2.19. The molecule has 0 aliphatic rings. The van der Waals surface area contributed by atoms with Gasteiger partial charge in [-0.25, -0.2) is 0 Å². The number of aromatic nitrogens is 2. The Morgan fingerprint density at radius 1 is 1.24 bits per heavy atom. The number of carbonyl (C=O) groups excluding carboxylic acids is 1. The molecule has 0 fully saturated rings. The largest absolute Gasteiger partial charge is 0.344 e. The summed E-state index contributed by atoms with van der Waals surface area (Å²) < 4.78 is 0. The molecule has 0 bridgehead atoms. The first-order valence-corrected chi connectivity index (χ1v) is 7.02. The van der Waals surface area contributed by atoms with Crippen LogP contribution in [0.15, 0.2) is 48.5 Å². The summed E-state index contributed by atoms with van der Waals surface area (Å²) in [6.07, 6.45) is 0. The fourth-order valence-corrected chi connectivity index (χ4v) is 2.46. The van der Waals surface area contributed by atoms with Gasteiger partial charge >= 0.3 is 0 Å². The highest BCUT2D eigenvalue weighted by Gasteiger charge is 2.16. The van der Waals surface area contributed by atoms with Crippen molar-refractivity contribution in [3.05, 3.63) is 64.8 Å². The molecule has 2 aromatic carbocycles. The summed E-state index contributed by atoms with van der Waals surface area (Å²) in [5.41, 5.74) is 2.20.